The van der Waals surface area contributed by atoms with Gasteiger partial charge >= 0.3 is 0 Å². The molecule has 0 aromatic heterocycles. The first-order valence-corrected chi connectivity index (χ1v) is 7.22. The van der Waals surface area contributed by atoms with E-state index in [0.717, 1.165) is 0 Å². The molecule has 0 saturated heterocycles. The fourth-order valence-corrected chi connectivity index (χ4v) is 1.95. The number of halogens is 2. The van der Waals surface area contributed by atoms with Crippen LogP contribution in [0.1, 0.15) is 24.2 Å². The Morgan fingerprint density at radius 2 is 2.00 bits per heavy atom. The van der Waals surface area contributed by atoms with Crippen LogP contribution in [0.15, 0.2) is 22.7 Å². The molecule has 4 nitrogen and oxygen atoms in total. The van der Waals surface area contributed by atoms with Crippen molar-refractivity contribution in [2.75, 3.05) is 19.8 Å². The smallest absolute Gasteiger partial charge is 0.251 e. The lowest BCUT2D eigenvalue weighted by Crippen LogP contribution is -2.35. The molecule has 0 atom stereocenters. The van der Waals surface area contributed by atoms with Crippen molar-refractivity contribution in [3.05, 3.63) is 33.3 Å². The van der Waals surface area contributed by atoms with E-state index in [2.05, 4.69) is 21.2 Å². The van der Waals surface area contributed by atoms with E-state index < -0.39 is 6.29 Å². The number of nitrogens with one attached hydrogen (secondary N) is 1. The van der Waals surface area contributed by atoms with Crippen molar-refractivity contribution < 1.29 is 14.3 Å². The third-order valence-corrected chi connectivity index (χ3v) is 3.53. The number of carbonyl (C=O) groups excluding carboxylic acids is 1. The van der Waals surface area contributed by atoms with Gasteiger partial charge in [-0.25, -0.2) is 0 Å². The van der Waals surface area contributed by atoms with Gasteiger partial charge in [0.2, 0.25) is 0 Å². The van der Waals surface area contributed by atoms with Crippen LogP contribution in [0.4, 0.5) is 0 Å². The predicted octanol–water partition coefficient (Wildman–Crippen LogP) is 3.23. The first-order valence-electron chi connectivity index (χ1n) is 6.04. The molecule has 0 heterocycles. The van der Waals surface area contributed by atoms with E-state index in [1.54, 1.807) is 18.2 Å². The summed E-state index contributed by atoms with van der Waals surface area (Å²) >= 11 is 9.16. The Bertz CT molecular complexity index is 422. The number of benzene rings is 1. The lowest BCUT2D eigenvalue weighted by Gasteiger charge is -2.17. The summed E-state index contributed by atoms with van der Waals surface area (Å²) in [7, 11) is 0. The Balaban J connectivity index is 2.56. The molecule has 0 saturated carbocycles. The molecular weight excluding hydrogens is 334 g/mol. The molecule has 1 amide bonds. The van der Waals surface area contributed by atoms with E-state index in [1.165, 1.54) is 0 Å². The van der Waals surface area contributed by atoms with Crippen molar-refractivity contribution in [1.82, 2.24) is 5.32 Å². The van der Waals surface area contributed by atoms with E-state index >= 15 is 0 Å². The Hall–Kier alpha value is -0.620. The van der Waals surface area contributed by atoms with Crippen LogP contribution in [0, 0.1) is 0 Å². The molecule has 1 N–H and O–H groups in total. The second kappa shape index (κ2) is 8.53. The summed E-state index contributed by atoms with van der Waals surface area (Å²) in [5.41, 5.74) is 0.531. The van der Waals surface area contributed by atoms with Gasteiger partial charge in [0.25, 0.3) is 5.91 Å². The highest BCUT2D eigenvalue weighted by atomic mass is 79.9. The molecule has 0 bridgehead atoms. The van der Waals surface area contributed by atoms with Crippen molar-refractivity contribution >= 4 is 33.4 Å². The second-order valence-electron chi connectivity index (χ2n) is 3.68. The maximum Gasteiger partial charge on any atom is 0.251 e. The molecule has 0 aliphatic rings. The Labute approximate surface area is 126 Å². The third kappa shape index (κ3) is 5.48. The van der Waals surface area contributed by atoms with Gasteiger partial charge in [0.15, 0.2) is 6.29 Å². The fraction of sp³-hybridized carbons (Fsp3) is 0.462. The molecule has 1 aromatic carbocycles. The lowest BCUT2D eigenvalue weighted by molar-refractivity contribution is -0.131. The fourth-order valence-electron chi connectivity index (χ4n) is 1.45. The highest BCUT2D eigenvalue weighted by Crippen LogP contribution is 2.23. The molecular formula is C13H17BrClNO3. The average molecular weight is 351 g/mol. The van der Waals surface area contributed by atoms with E-state index in [1.807, 2.05) is 13.8 Å². The largest absolute Gasteiger partial charge is 0.351 e. The van der Waals surface area contributed by atoms with Gasteiger partial charge in [-0.1, -0.05) is 11.6 Å². The zero-order valence-corrected chi connectivity index (χ0v) is 13.3. The van der Waals surface area contributed by atoms with Crippen LogP contribution >= 0.6 is 27.5 Å². The number of hydrogen-bond donors (Lipinski definition) is 1. The second-order valence-corrected chi connectivity index (χ2v) is 4.94. The van der Waals surface area contributed by atoms with E-state index in [9.17, 15) is 4.79 Å². The number of rotatable bonds is 7. The molecule has 106 valence electrons. The Morgan fingerprint density at radius 3 is 2.53 bits per heavy atom. The van der Waals surface area contributed by atoms with Gasteiger partial charge in [-0.3, -0.25) is 4.79 Å². The summed E-state index contributed by atoms with van der Waals surface area (Å²) < 4.78 is 11.4. The molecule has 0 unspecified atom stereocenters. The molecule has 0 aliphatic heterocycles. The van der Waals surface area contributed by atoms with Crippen LogP contribution in [0.25, 0.3) is 0 Å². The SMILES string of the molecule is CCOC(CNC(=O)c1ccc(Cl)c(Br)c1)OCC. The molecule has 0 aliphatic carbocycles. The zero-order valence-electron chi connectivity index (χ0n) is 10.9. The normalized spacial score (nSPS) is 10.8. The average Bonchev–Trinajstić information content (AvgIpc) is 2.39. The van der Waals surface area contributed by atoms with Gasteiger partial charge in [0.05, 0.1) is 11.6 Å². The van der Waals surface area contributed by atoms with Crippen LogP contribution in [-0.2, 0) is 9.47 Å². The van der Waals surface area contributed by atoms with Crippen molar-refractivity contribution in [3.8, 4) is 0 Å². The third-order valence-electron chi connectivity index (χ3n) is 2.32. The predicted molar refractivity (Wildman–Crippen MR) is 78.5 cm³/mol. The minimum Gasteiger partial charge on any atom is -0.351 e. The van der Waals surface area contributed by atoms with E-state index in [-0.39, 0.29) is 5.91 Å². The summed E-state index contributed by atoms with van der Waals surface area (Å²) in [6, 6.07) is 5.01. The summed E-state index contributed by atoms with van der Waals surface area (Å²) in [6.07, 6.45) is -0.422. The van der Waals surface area contributed by atoms with Gasteiger partial charge in [-0.05, 0) is 48.0 Å². The van der Waals surface area contributed by atoms with Crippen LogP contribution in [-0.4, -0.2) is 32.0 Å². The number of amides is 1. The lowest BCUT2D eigenvalue weighted by atomic mass is 10.2. The van der Waals surface area contributed by atoms with Crippen molar-refractivity contribution in [1.29, 1.82) is 0 Å². The molecule has 1 rings (SSSR count). The minimum atomic E-state index is -0.422. The molecule has 19 heavy (non-hydrogen) atoms. The van der Waals surface area contributed by atoms with Crippen molar-refractivity contribution in [3.63, 3.8) is 0 Å². The highest BCUT2D eigenvalue weighted by Gasteiger charge is 2.12. The summed E-state index contributed by atoms with van der Waals surface area (Å²) in [5, 5.41) is 3.33. The van der Waals surface area contributed by atoms with Gasteiger partial charge in [-0.2, -0.15) is 0 Å². The summed E-state index contributed by atoms with van der Waals surface area (Å²) in [6.45, 7) is 5.13. The number of ether oxygens (including phenoxy) is 2. The monoisotopic (exact) mass is 349 g/mol. The summed E-state index contributed by atoms with van der Waals surface area (Å²) in [5.74, 6) is -0.193. The van der Waals surface area contributed by atoms with Crippen LogP contribution in [0.2, 0.25) is 5.02 Å². The van der Waals surface area contributed by atoms with Crippen LogP contribution in [0.3, 0.4) is 0 Å². The quantitative estimate of drug-likeness (QED) is 0.768. The molecule has 0 radical (unpaired) electrons. The Kier molecular flexibility index (Phi) is 7.38. The molecule has 6 heteroatoms. The van der Waals surface area contributed by atoms with Gasteiger partial charge in [0.1, 0.15) is 0 Å². The van der Waals surface area contributed by atoms with Gasteiger partial charge in [-0.15, -0.1) is 0 Å². The topological polar surface area (TPSA) is 47.6 Å². The first-order chi connectivity index (χ1) is 9.08. The Morgan fingerprint density at radius 1 is 1.37 bits per heavy atom. The maximum absolute atomic E-state index is 11.9. The number of carbonyl (C=O) groups is 1. The first kappa shape index (κ1) is 16.4. The van der Waals surface area contributed by atoms with E-state index in [0.29, 0.717) is 34.8 Å². The van der Waals surface area contributed by atoms with E-state index in [4.69, 9.17) is 21.1 Å². The van der Waals surface area contributed by atoms with Crippen LogP contribution in [0.5, 0.6) is 0 Å². The molecule has 0 fully saturated rings. The van der Waals surface area contributed by atoms with Crippen LogP contribution < -0.4 is 5.32 Å². The van der Waals surface area contributed by atoms with Crippen molar-refractivity contribution in [2.24, 2.45) is 0 Å². The van der Waals surface area contributed by atoms with Gasteiger partial charge in [0, 0.05) is 23.2 Å². The van der Waals surface area contributed by atoms with Gasteiger partial charge < -0.3 is 14.8 Å². The minimum absolute atomic E-state index is 0.193. The molecule has 0 spiro atoms. The zero-order chi connectivity index (χ0) is 14.3. The van der Waals surface area contributed by atoms with Crippen molar-refractivity contribution in [2.45, 2.75) is 20.1 Å². The maximum atomic E-state index is 11.9. The highest BCUT2D eigenvalue weighted by molar-refractivity contribution is 9.10. The molecule has 1 aromatic rings. The standard InChI is InChI=1S/C13H17BrClNO3/c1-3-18-12(19-4-2)8-16-13(17)9-5-6-11(15)10(14)7-9/h5-7,12H,3-4,8H2,1-2H3,(H,16,17). The summed E-state index contributed by atoms with van der Waals surface area (Å²) in [4.78, 5) is 11.9. The number of hydrogen-bond acceptors (Lipinski definition) is 3.